The summed E-state index contributed by atoms with van der Waals surface area (Å²) >= 11 is 18.6. The monoisotopic (exact) mass is 505 g/mol. The molecule has 33 heavy (non-hydrogen) atoms. The average Bonchev–Trinajstić information content (AvgIpc) is 3.39. The fraction of sp³-hybridized carbons (Fsp3) is 0.167. The molecule has 1 saturated heterocycles. The quantitative estimate of drug-likeness (QED) is 0.242. The lowest BCUT2D eigenvalue weighted by molar-refractivity contribution is -0.140. The van der Waals surface area contributed by atoms with E-state index in [0.29, 0.717) is 28.7 Å². The molecule has 4 rings (SSSR count). The molecule has 0 radical (unpaired) electrons. The van der Waals surface area contributed by atoms with Crippen molar-refractivity contribution in [2.24, 2.45) is 0 Å². The number of benzene rings is 2. The van der Waals surface area contributed by atoms with Crippen LogP contribution in [0, 0.1) is 0 Å². The number of ether oxygens (including phenoxy) is 1. The van der Waals surface area contributed by atoms with Gasteiger partial charge in [0.25, 0.3) is 11.7 Å². The maximum Gasteiger partial charge on any atom is 0.296 e. The standard InChI is InChI=1S/C24H18Cl3NO5/c1-2-32-19-8-6-14(11-18(19)27)22(29)20-21(13-5-7-16(25)17(26)10-13)28(24(31)23(20)30)12-15-4-3-9-33-15/h3-11,21,29H,2,12H2,1H3/t21-/m1/s1. The van der Waals surface area contributed by atoms with Crippen LogP contribution < -0.4 is 4.74 Å². The highest BCUT2D eigenvalue weighted by Crippen LogP contribution is 2.42. The van der Waals surface area contributed by atoms with Gasteiger partial charge in [0.1, 0.15) is 17.3 Å². The van der Waals surface area contributed by atoms with E-state index in [1.165, 1.54) is 17.2 Å². The number of aliphatic hydroxyl groups excluding tert-OH is 1. The van der Waals surface area contributed by atoms with Crippen LogP contribution in [-0.2, 0) is 16.1 Å². The molecular weight excluding hydrogens is 489 g/mol. The van der Waals surface area contributed by atoms with Crippen LogP contribution in [0.2, 0.25) is 15.1 Å². The van der Waals surface area contributed by atoms with E-state index in [4.69, 9.17) is 44.0 Å². The van der Waals surface area contributed by atoms with Crippen molar-refractivity contribution in [2.45, 2.75) is 19.5 Å². The Hall–Kier alpha value is -2.93. The van der Waals surface area contributed by atoms with E-state index in [0.717, 1.165) is 0 Å². The molecule has 1 aromatic heterocycles. The zero-order valence-electron chi connectivity index (χ0n) is 17.3. The molecule has 0 spiro atoms. The number of carbonyl (C=O) groups excluding carboxylic acids is 2. The lowest BCUT2D eigenvalue weighted by Gasteiger charge is -2.24. The summed E-state index contributed by atoms with van der Waals surface area (Å²) in [6.45, 7) is 2.26. The number of ketones is 1. The van der Waals surface area contributed by atoms with Gasteiger partial charge in [-0.15, -0.1) is 0 Å². The highest BCUT2D eigenvalue weighted by molar-refractivity contribution is 6.47. The van der Waals surface area contributed by atoms with Crippen molar-refractivity contribution in [3.63, 3.8) is 0 Å². The first kappa shape index (κ1) is 23.2. The van der Waals surface area contributed by atoms with E-state index in [1.54, 1.807) is 42.5 Å². The molecule has 0 unspecified atom stereocenters. The zero-order chi connectivity index (χ0) is 23.7. The molecule has 9 heteroatoms. The summed E-state index contributed by atoms with van der Waals surface area (Å²) in [7, 11) is 0. The number of hydrogen-bond donors (Lipinski definition) is 1. The van der Waals surface area contributed by atoms with E-state index in [9.17, 15) is 14.7 Å². The molecule has 170 valence electrons. The van der Waals surface area contributed by atoms with E-state index in [-0.39, 0.29) is 33.5 Å². The van der Waals surface area contributed by atoms with Crippen molar-refractivity contribution in [1.82, 2.24) is 4.90 Å². The second-order valence-corrected chi connectivity index (χ2v) is 8.48. The number of likely N-dealkylation sites (tertiary alicyclic amines) is 1. The molecule has 2 heterocycles. The smallest absolute Gasteiger partial charge is 0.296 e. The van der Waals surface area contributed by atoms with Gasteiger partial charge in [-0.25, -0.2) is 0 Å². The van der Waals surface area contributed by atoms with Crippen LogP contribution in [0.4, 0.5) is 0 Å². The number of aliphatic hydroxyl groups is 1. The van der Waals surface area contributed by atoms with Crippen LogP contribution in [0.5, 0.6) is 5.75 Å². The number of carbonyl (C=O) groups is 2. The number of rotatable bonds is 6. The zero-order valence-corrected chi connectivity index (χ0v) is 19.6. The van der Waals surface area contributed by atoms with Gasteiger partial charge in [-0.2, -0.15) is 0 Å². The Morgan fingerprint density at radius 1 is 1.06 bits per heavy atom. The minimum absolute atomic E-state index is 0.0172. The third-order valence-corrected chi connectivity index (χ3v) is 6.25. The molecular formula is C24H18Cl3NO5. The molecule has 1 fully saturated rings. The first-order chi connectivity index (χ1) is 15.8. The largest absolute Gasteiger partial charge is 0.507 e. The third-order valence-electron chi connectivity index (χ3n) is 5.21. The number of furan rings is 1. The van der Waals surface area contributed by atoms with Crippen LogP contribution in [0.25, 0.3) is 5.76 Å². The third kappa shape index (κ3) is 4.47. The summed E-state index contributed by atoms with van der Waals surface area (Å²) in [4.78, 5) is 27.4. The Morgan fingerprint density at radius 3 is 2.48 bits per heavy atom. The average molecular weight is 507 g/mol. The minimum Gasteiger partial charge on any atom is -0.507 e. The highest BCUT2D eigenvalue weighted by atomic mass is 35.5. The SMILES string of the molecule is CCOc1ccc(C(O)=C2C(=O)C(=O)N(Cc3ccco3)[C@@H]2c2ccc(Cl)c(Cl)c2)cc1Cl. The van der Waals surface area contributed by atoms with Crippen LogP contribution in [0.1, 0.15) is 29.9 Å². The van der Waals surface area contributed by atoms with E-state index < -0.39 is 17.7 Å². The second-order valence-electron chi connectivity index (χ2n) is 7.26. The molecule has 1 amide bonds. The van der Waals surface area contributed by atoms with E-state index in [1.807, 2.05) is 6.92 Å². The number of hydrogen-bond acceptors (Lipinski definition) is 5. The van der Waals surface area contributed by atoms with Gasteiger partial charge < -0.3 is 19.2 Å². The Balaban J connectivity index is 1.86. The first-order valence-corrected chi connectivity index (χ1v) is 11.1. The topological polar surface area (TPSA) is 80.0 Å². The van der Waals surface area contributed by atoms with Gasteiger partial charge in [-0.05, 0) is 55.0 Å². The van der Waals surface area contributed by atoms with Gasteiger partial charge in [0.2, 0.25) is 0 Å². The highest BCUT2D eigenvalue weighted by Gasteiger charge is 2.46. The molecule has 0 aliphatic carbocycles. The van der Waals surface area contributed by atoms with Crippen molar-refractivity contribution in [3.8, 4) is 5.75 Å². The van der Waals surface area contributed by atoms with Crippen LogP contribution in [-0.4, -0.2) is 28.3 Å². The van der Waals surface area contributed by atoms with Crippen LogP contribution in [0.15, 0.2) is 64.8 Å². The van der Waals surface area contributed by atoms with Gasteiger partial charge in [0.15, 0.2) is 0 Å². The lowest BCUT2D eigenvalue weighted by Crippen LogP contribution is -2.29. The molecule has 1 N–H and O–H groups in total. The van der Waals surface area contributed by atoms with E-state index in [2.05, 4.69) is 0 Å². The predicted octanol–water partition coefficient (Wildman–Crippen LogP) is 6.26. The molecule has 0 saturated carbocycles. The Labute approximate surface area is 204 Å². The summed E-state index contributed by atoms with van der Waals surface area (Å²) in [6, 6.07) is 11.9. The second kappa shape index (κ2) is 9.51. The van der Waals surface area contributed by atoms with E-state index >= 15 is 0 Å². The molecule has 3 aromatic rings. The van der Waals surface area contributed by atoms with Gasteiger partial charge in [-0.1, -0.05) is 40.9 Å². The number of nitrogens with zero attached hydrogens (tertiary/aromatic N) is 1. The Kier molecular flexibility index (Phi) is 6.70. The fourth-order valence-electron chi connectivity index (χ4n) is 3.72. The molecule has 6 nitrogen and oxygen atoms in total. The number of halogens is 3. The van der Waals surface area contributed by atoms with Crippen molar-refractivity contribution < 1.29 is 23.8 Å². The molecule has 1 atom stereocenters. The fourth-order valence-corrected chi connectivity index (χ4v) is 4.26. The molecule has 1 aliphatic rings. The Bertz CT molecular complexity index is 1250. The summed E-state index contributed by atoms with van der Waals surface area (Å²) in [5.41, 5.74) is 0.684. The summed E-state index contributed by atoms with van der Waals surface area (Å²) in [5, 5.41) is 12.0. The maximum atomic E-state index is 13.1. The van der Waals surface area contributed by atoms with Gasteiger partial charge in [0, 0.05) is 5.56 Å². The maximum absolute atomic E-state index is 13.1. The van der Waals surface area contributed by atoms with Gasteiger partial charge >= 0.3 is 0 Å². The van der Waals surface area contributed by atoms with Crippen molar-refractivity contribution >= 4 is 52.3 Å². The summed E-state index contributed by atoms with van der Waals surface area (Å²) in [6.07, 6.45) is 1.47. The first-order valence-electron chi connectivity index (χ1n) is 10.00. The molecule has 2 aromatic carbocycles. The van der Waals surface area contributed by atoms with Crippen LogP contribution in [0.3, 0.4) is 0 Å². The Morgan fingerprint density at radius 2 is 1.85 bits per heavy atom. The summed E-state index contributed by atoms with van der Waals surface area (Å²) < 4.78 is 10.8. The van der Waals surface area contributed by atoms with Gasteiger partial charge in [0.05, 0.1) is 46.1 Å². The number of amides is 1. The van der Waals surface area contributed by atoms with Crippen molar-refractivity contribution in [1.29, 1.82) is 0 Å². The minimum atomic E-state index is -0.921. The van der Waals surface area contributed by atoms with Gasteiger partial charge in [-0.3, -0.25) is 9.59 Å². The molecule has 1 aliphatic heterocycles. The predicted molar refractivity (Wildman–Crippen MR) is 126 cm³/mol. The van der Waals surface area contributed by atoms with Crippen molar-refractivity contribution in [3.05, 3.63) is 92.3 Å². The lowest BCUT2D eigenvalue weighted by atomic mass is 9.95. The van der Waals surface area contributed by atoms with Crippen molar-refractivity contribution in [2.75, 3.05) is 6.61 Å². The van der Waals surface area contributed by atoms with Crippen LogP contribution >= 0.6 is 34.8 Å². The molecule has 0 bridgehead atoms. The summed E-state index contributed by atoms with van der Waals surface area (Å²) in [5.74, 6) is -1.06. The number of Topliss-reactive ketones (excluding diaryl/α,β-unsaturated/α-hetero) is 1. The normalized spacial score (nSPS) is 17.6.